The summed E-state index contributed by atoms with van der Waals surface area (Å²) in [5.74, 6) is -0.553. The molecule has 0 aliphatic rings. The Labute approximate surface area is 581 Å². The predicted molar refractivity (Wildman–Crippen MR) is 386 cm³/mol. The monoisotopic (exact) mass is 1400 g/mol. The molecule has 0 amide bonds. The first-order valence-corrected chi connectivity index (χ1v) is 42.5. The summed E-state index contributed by atoms with van der Waals surface area (Å²) in [5.41, 5.74) is 0. The normalized spacial score (nSPS) is 14.3. The molecule has 0 saturated heterocycles. The minimum absolute atomic E-state index is 0.105. The van der Waals surface area contributed by atoms with Gasteiger partial charge in [0.1, 0.15) is 19.3 Å². The summed E-state index contributed by atoms with van der Waals surface area (Å²) < 4.78 is 68.5. The van der Waals surface area contributed by atoms with Crippen LogP contribution in [-0.2, 0) is 65.4 Å². The van der Waals surface area contributed by atoms with Crippen LogP contribution in [0.1, 0.15) is 395 Å². The van der Waals surface area contributed by atoms with Crippen molar-refractivity contribution in [3.8, 4) is 0 Å². The van der Waals surface area contributed by atoms with Gasteiger partial charge in [-0.05, 0) is 37.5 Å². The van der Waals surface area contributed by atoms with Crippen molar-refractivity contribution in [2.75, 3.05) is 39.6 Å². The zero-order valence-corrected chi connectivity index (χ0v) is 63.8. The van der Waals surface area contributed by atoms with Gasteiger partial charge in [0.25, 0.3) is 0 Å². The smallest absolute Gasteiger partial charge is 0.462 e. The van der Waals surface area contributed by atoms with E-state index in [1.165, 1.54) is 212 Å². The van der Waals surface area contributed by atoms with Crippen molar-refractivity contribution in [1.29, 1.82) is 0 Å². The van der Waals surface area contributed by atoms with Crippen LogP contribution in [0.25, 0.3) is 0 Å². The summed E-state index contributed by atoms with van der Waals surface area (Å²) in [5, 5.41) is 10.6. The summed E-state index contributed by atoms with van der Waals surface area (Å²) in [6.07, 6.45) is 55.5. The van der Waals surface area contributed by atoms with E-state index in [1.807, 2.05) is 0 Å². The standard InChI is InChI=1S/C76H148O17P2/c1-7-10-12-14-16-18-19-20-21-22-23-27-30-34-41-47-53-59-74(79)87-65-71(92-75(80)60-54-48-42-35-31-28-25-24-26-29-33-39-45-51-57-69(6)9-3)66-90-94(82,83)88-62-70(77)63-89-95(84,85)91-67-72(64-86-73(78)58-52-46-40-32-17-15-13-11-8-2)93-76(81)61-55-49-43-37-36-38-44-50-56-68(4)5/h68-72,77H,7-67H2,1-6H3,(H,82,83)(H,84,85)/t69?,70-,71-,72-/m1/s1. The van der Waals surface area contributed by atoms with Gasteiger partial charge in [-0.2, -0.15) is 0 Å². The van der Waals surface area contributed by atoms with Crippen LogP contribution in [-0.4, -0.2) is 96.7 Å². The molecule has 564 valence electrons. The maximum absolute atomic E-state index is 13.1. The van der Waals surface area contributed by atoms with Gasteiger partial charge in [0.2, 0.25) is 0 Å². The maximum Gasteiger partial charge on any atom is 0.472 e. The predicted octanol–water partition coefficient (Wildman–Crippen LogP) is 22.3. The van der Waals surface area contributed by atoms with Crippen LogP contribution in [0.5, 0.6) is 0 Å². The van der Waals surface area contributed by atoms with E-state index in [9.17, 15) is 43.2 Å². The van der Waals surface area contributed by atoms with Gasteiger partial charge in [-0.25, -0.2) is 9.13 Å². The molecule has 6 atom stereocenters. The third kappa shape index (κ3) is 69.0. The highest BCUT2D eigenvalue weighted by molar-refractivity contribution is 7.47. The molecule has 0 bridgehead atoms. The van der Waals surface area contributed by atoms with Crippen LogP contribution in [0, 0.1) is 11.8 Å². The highest BCUT2D eigenvalue weighted by atomic mass is 31.2. The van der Waals surface area contributed by atoms with Crippen LogP contribution in [0.15, 0.2) is 0 Å². The van der Waals surface area contributed by atoms with Gasteiger partial charge in [-0.1, -0.05) is 343 Å². The van der Waals surface area contributed by atoms with E-state index in [4.69, 9.17) is 37.0 Å². The number of hydrogen-bond donors (Lipinski definition) is 3. The fourth-order valence-electron chi connectivity index (χ4n) is 11.6. The summed E-state index contributed by atoms with van der Waals surface area (Å²) in [6, 6.07) is 0. The largest absolute Gasteiger partial charge is 0.472 e. The topological polar surface area (TPSA) is 237 Å². The number of carbonyl (C=O) groups is 4. The lowest BCUT2D eigenvalue weighted by atomic mass is 9.99. The Balaban J connectivity index is 5.22. The van der Waals surface area contributed by atoms with Crippen LogP contribution < -0.4 is 0 Å². The zero-order valence-electron chi connectivity index (χ0n) is 62.0. The van der Waals surface area contributed by atoms with Crippen molar-refractivity contribution in [1.82, 2.24) is 0 Å². The molecular weight excluding hydrogens is 1250 g/mol. The molecular formula is C76H148O17P2. The van der Waals surface area contributed by atoms with Crippen LogP contribution in [0.4, 0.5) is 0 Å². The molecule has 0 heterocycles. The third-order valence-electron chi connectivity index (χ3n) is 18.1. The zero-order chi connectivity index (χ0) is 70.0. The maximum atomic E-state index is 13.1. The highest BCUT2D eigenvalue weighted by Crippen LogP contribution is 2.45. The molecule has 19 heteroatoms. The molecule has 0 aromatic heterocycles. The van der Waals surface area contributed by atoms with E-state index in [1.54, 1.807) is 0 Å². The number of esters is 4. The Morgan fingerprint density at radius 1 is 0.305 bits per heavy atom. The van der Waals surface area contributed by atoms with Gasteiger partial charge in [0.15, 0.2) is 12.2 Å². The van der Waals surface area contributed by atoms with Crippen molar-refractivity contribution in [3.63, 3.8) is 0 Å². The number of carbonyl (C=O) groups excluding carboxylic acids is 4. The van der Waals surface area contributed by atoms with Gasteiger partial charge in [0, 0.05) is 25.7 Å². The molecule has 0 aliphatic heterocycles. The molecule has 0 spiro atoms. The molecule has 0 aromatic rings. The molecule has 0 rings (SSSR count). The van der Waals surface area contributed by atoms with Crippen molar-refractivity contribution < 1.29 is 80.2 Å². The van der Waals surface area contributed by atoms with E-state index in [0.717, 1.165) is 102 Å². The Morgan fingerprint density at radius 2 is 0.537 bits per heavy atom. The first-order chi connectivity index (χ1) is 45.9. The lowest BCUT2D eigenvalue weighted by Gasteiger charge is -2.21. The summed E-state index contributed by atoms with van der Waals surface area (Å²) >= 11 is 0. The average molecular weight is 1400 g/mol. The highest BCUT2D eigenvalue weighted by Gasteiger charge is 2.30. The van der Waals surface area contributed by atoms with Crippen molar-refractivity contribution >= 4 is 39.5 Å². The van der Waals surface area contributed by atoms with Crippen molar-refractivity contribution in [2.45, 2.75) is 413 Å². The molecule has 3 N–H and O–H groups in total. The minimum atomic E-state index is -4.96. The Hall–Kier alpha value is -1.94. The van der Waals surface area contributed by atoms with Crippen molar-refractivity contribution in [3.05, 3.63) is 0 Å². The van der Waals surface area contributed by atoms with E-state index in [2.05, 4.69) is 41.5 Å². The second-order valence-electron chi connectivity index (χ2n) is 28.1. The fraction of sp³-hybridized carbons (Fsp3) is 0.947. The number of unbranched alkanes of at least 4 members (excludes halogenated alkanes) is 44. The van der Waals surface area contributed by atoms with E-state index >= 15 is 0 Å². The Bertz CT molecular complexity index is 1840. The summed E-state index contributed by atoms with van der Waals surface area (Å²) in [6.45, 7) is 9.59. The Morgan fingerprint density at radius 3 is 0.800 bits per heavy atom. The first-order valence-electron chi connectivity index (χ1n) is 39.5. The molecule has 0 radical (unpaired) electrons. The van der Waals surface area contributed by atoms with Gasteiger partial charge < -0.3 is 33.8 Å². The lowest BCUT2D eigenvalue weighted by Crippen LogP contribution is -2.30. The third-order valence-corrected chi connectivity index (χ3v) is 20.0. The van der Waals surface area contributed by atoms with Gasteiger partial charge in [0.05, 0.1) is 26.4 Å². The molecule has 0 aromatic carbocycles. The minimum Gasteiger partial charge on any atom is -0.462 e. The van der Waals surface area contributed by atoms with Gasteiger partial charge >= 0.3 is 39.5 Å². The number of aliphatic hydroxyl groups is 1. The SMILES string of the molecule is CCCCCCCCCCCCCCCCCCCC(=O)OC[C@H](COP(=O)(O)OC[C@@H](O)COP(=O)(O)OC[C@@H](COC(=O)CCCCCCCCCCC)OC(=O)CCCCCCCCCCC(C)C)OC(=O)CCCCCCCCCCCCCCCCC(C)CC. The molecule has 17 nitrogen and oxygen atoms in total. The number of ether oxygens (including phenoxy) is 4. The van der Waals surface area contributed by atoms with Crippen molar-refractivity contribution in [2.24, 2.45) is 11.8 Å². The molecule has 0 aliphatic carbocycles. The second kappa shape index (κ2) is 67.9. The van der Waals surface area contributed by atoms with E-state index in [0.29, 0.717) is 25.7 Å². The van der Waals surface area contributed by atoms with Gasteiger partial charge in [-0.15, -0.1) is 0 Å². The quantitative estimate of drug-likeness (QED) is 0.0222. The number of rotatable bonds is 75. The summed E-state index contributed by atoms with van der Waals surface area (Å²) in [4.78, 5) is 72.7. The molecule has 0 saturated carbocycles. The molecule has 0 fully saturated rings. The molecule has 3 unspecified atom stereocenters. The number of hydrogen-bond acceptors (Lipinski definition) is 15. The lowest BCUT2D eigenvalue weighted by molar-refractivity contribution is -0.161. The average Bonchev–Trinajstić information content (AvgIpc) is 2.53. The van der Waals surface area contributed by atoms with Gasteiger partial charge in [-0.3, -0.25) is 37.3 Å². The van der Waals surface area contributed by atoms with Crippen LogP contribution in [0.3, 0.4) is 0 Å². The van der Waals surface area contributed by atoms with Crippen LogP contribution in [0.2, 0.25) is 0 Å². The number of phosphoric acid groups is 2. The Kier molecular flexibility index (Phi) is 66.5. The number of phosphoric ester groups is 2. The number of aliphatic hydroxyl groups excluding tert-OH is 1. The fourth-order valence-corrected chi connectivity index (χ4v) is 13.2. The van der Waals surface area contributed by atoms with Crippen LogP contribution >= 0.6 is 15.6 Å². The first kappa shape index (κ1) is 93.1. The van der Waals surface area contributed by atoms with E-state index in [-0.39, 0.29) is 25.7 Å². The summed E-state index contributed by atoms with van der Waals surface area (Å²) in [7, 11) is -9.91. The van der Waals surface area contributed by atoms with E-state index < -0.39 is 97.5 Å². The molecule has 95 heavy (non-hydrogen) atoms. The second-order valence-corrected chi connectivity index (χ2v) is 31.0.